The standard InChI is InChI=1S/C11H20ClN3O2/c1-9(12)10(16)13-11(17)14(2)7-8-15-5-3-4-6-15/h9H,3-8H2,1-2H3,(H,13,16,17). The largest absolute Gasteiger partial charge is 0.326 e. The van der Waals surface area contributed by atoms with Crippen molar-refractivity contribution < 1.29 is 9.59 Å². The Balaban J connectivity index is 2.23. The molecule has 1 N–H and O–H groups in total. The molecule has 0 aliphatic carbocycles. The van der Waals surface area contributed by atoms with Crippen LogP contribution in [0.4, 0.5) is 4.79 Å². The predicted octanol–water partition coefficient (Wildman–Crippen LogP) is 0.877. The molecular weight excluding hydrogens is 242 g/mol. The van der Waals surface area contributed by atoms with Gasteiger partial charge in [0.2, 0.25) is 5.91 Å². The van der Waals surface area contributed by atoms with Crippen molar-refractivity contribution in [1.29, 1.82) is 0 Å². The number of hydrogen-bond acceptors (Lipinski definition) is 3. The van der Waals surface area contributed by atoms with Crippen LogP contribution in [-0.4, -0.2) is 60.3 Å². The van der Waals surface area contributed by atoms with Gasteiger partial charge in [0.15, 0.2) is 0 Å². The number of imide groups is 1. The van der Waals surface area contributed by atoms with Crippen molar-refractivity contribution in [2.75, 3.05) is 33.2 Å². The van der Waals surface area contributed by atoms with Gasteiger partial charge in [0.25, 0.3) is 0 Å². The second-order valence-electron chi connectivity index (χ2n) is 4.38. The number of nitrogens with one attached hydrogen (secondary N) is 1. The first-order valence-electron chi connectivity index (χ1n) is 5.93. The SMILES string of the molecule is CC(Cl)C(=O)NC(=O)N(C)CCN1CCCC1. The number of amides is 3. The molecule has 1 atom stereocenters. The minimum atomic E-state index is -0.689. The molecule has 1 fully saturated rings. The van der Waals surface area contributed by atoms with Crippen molar-refractivity contribution in [3.05, 3.63) is 0 Å². The van der Waals surface area contributed by atoms with E-state index in [4.69, 9.17) is 11.6 Å². The quantitative estimate of drug-likeness (QED) is 0.765. The van der Waals surface area contributed by atoms with Gasteiger partial charge in [0, 0.05) is 20.1 Å². The average molecular weight is 262 g/mol. The minimum absolute atomic E-state index is 0.387. The van der Waals surface area contributed by atoms with Crippen LogP contribution < -0.4 is 5.32 Å². The topological polar surface area (TPSA) is 52.7 Å². The van der Waals surface area contributed by atoms with Crippen molar-refractivity contribution in [3.8, 4) is 0 Å². The molecule has 98 valence electrons. The lowest BCUT2D eigenvalue weighted by Crippen LogP contribution is -2.45. The fourth-order valence-electron chi connectivity index (χ4n) is 1.70. The molecule has 17 heavy (non-hydrogen) atoms. The molecule has 1 unspecified atom stereocenters. The molecule has 0 aromatic heterocycles. The van der Waals surface area contributed by atoms with E-state index in [0.717, 1.165) is 19.6 Å². The molecule has 0 aromatic carbocycles. The second kappa shape index (κ2) is 6.81. The Kier molecular flexibility index (Phi) is 5.71. The fraction of sp³-hybridized carbons (Fsp3) is 0.818. The molecular formula is C11H20ClN3O2. The number of likely N-dealkylation sites (N-methyl/N-ethyl adjacent to an activating group) is 1. The maximum Gasteiger partial charge on any atom is 0.323 e. The van der Waals surface area contributed by atoms with Crippen LogP contribution in [0.15, 0.2) is 0 Å². The molecule has 0 bridgehead atoms. The van der Waals surface area contributed by atoms with Crippen molar-refractivity contribution in [1.82, 2.24) is 15.1 Å². The first-order valence-corrected chi connectivity index (χ1v) is 6.36. The number of carbonyl (C=O) groups is 2. The van der Waals surface area contributed by atoms with Gasteiger partial charge < -0.3 is 9.80 Å². The molecule has 0 aromatic rings. The summed E-state index contributed by atoms with van der Waals surface area (Å²) < 4.78 is 0. The van der Waals surface area contributed by atoms with Gasteiger partial charge in [-0.2, -0.15) is 0 Å². The van der Waals surface area contributed by atoms with E-state index in [0.29, 0.717) is 6.54 Å². The summed E-state index contributed by atoms with van der Waals surface area (Å²) in [5.41, 5.74) is 0. The van der Waals surface area contributed by atoms with E-state index in [1.807, 2.05) is 0 Å². The predicted molar refractivity (Wildman–Crippen MR) is 67.2 cm³/mol. The second-order valence-corrected chi connectivity index (χ2v) is 5.04. The number of halogens is 1. The van der Waals surface area contributed by atoms with Crippen LogP contribution in [0.2, 0.25) is 0 Å². The number of alkyl halides is 1. The van der Waals surface area contributed by atoms with Gasteiger partial charge in [-0.1, -0.05) is 0 Å². The molecule has 1 saturated heterocycles. The Morgan fingerprint density at radius 1 is 1.41 bits per heavy atom. The number of hydrogen-bond donors (Lipinski definition) is 1. The molecule has 1 rings (SSSR count). The van der Waals surface area contributed by atoms with Gasteiger partial charge in [0.1, 0.15) is 5.38 Å². The fourth-order valence-corrected chi connectivity index (χ4v) is 1.75. The van der Waals surface area contributed by atoms with E-state index < -0.39 is 11.3 Å². The monoisotopic (exact) mass is 261 g/mol. The van der Waals surface area contributed by atoms with Gasteiger partial charge in [-0.3, -0.25) is 10.1 Å². The Morgan fingerprint density at radius 2 is 2.00 bits per heavy atom. The molecule has 1 aliphatic heterocycles. The highest BCUT2D eigenvalue weighted by atomic mass is 35.5. The summed E-state index contributed by atoms with van der Waals surface area (Å²) in [6, 6.07) is -0.387. The third-order valence-corrected chi connectivity index (χ3v) is 3.09. The maximum atomic E-state index is 11.6. The molecule has 5 nitrogen and oxygen atoms in total. The summed E-state index contributed by atoms with van der Waals surface area (Å²) in [6.45, 7) is 5.22. The van der Waals surface area contributed by atoms with Gasteiger partial charge in [-0.25, -0.2) is 4.79 Å². The molecule has 1 aliphatic rings. The van der Waals surface area contributed by atoms with Crippen LogP contribution in [0.1, 0.15) is 19.8 Å². The lowest BCUT2D eigenvalue weighted by Gasteiger charge is -2.21. The molecule has 6 heteroatoms. The third kappa shape index (κ3) is 4.91. The molecule has 0 spiro atoms. The Hall–Kier alpha value is -0.810. The van der Waals surface area contributed by atoms with Crippen LogP contribution >= 0.6 is 11.6 Å². The highest BCUT2D eigenvalue weighted by Gasteiger charge is 2.17. The van der Waals surface area contributed by atoms with E-state index in [2.05, 4.69) is 10.2 Å². The summed E-state index contributed by atoms with van der Waals surface area (Å²) in [5.74, 6) is -0.454. The smallest absolute Gasteiger partial charge is 0.323 e. The first-order chi connectivity index (χ1) is 8.00. The van der Waals surface area contributed by atoms with Crippen LogP contribution in [0.25, 0.3) is 0 Å². The number of carbonyl (C=O) groups excluding carboxylic acids is 2. The van der Waals surface area contributed by atoms with Gasteiger partial charge in [0.05, 0.1) is 0 Å². The summed E-state index contributed by atoms with van der Waals surface area (Å²) >= 11 is 5.57. The third-order valence-electron chi connectivity index (χ3n) is 2.89. The lowest BCUT2D eigenvalue weighted by atomic mass is 10.4. The number of rotatable bonds is 4. The molecule has 1 heterocycles. The van der Waals surface area contributed by atoms with Crippen LogP contribution in [0.3, 0.4) is 0 Å². The normalized spacial score (nSPS) is 17.8. The Bertz CT molecular complexity index is 278. The minimum Gasteiger partial charge on any atom is -0.326 e. The Labute approximate surface area is 107 Å². The van der Waals surface area contributed by atoms with E-state index in [-0.39, 0.29) is 6.03 Å². The average Bonchev–Trinajstić information content (AvgIpc) is 2.78. The first kappa shape index (κ1) is 14.3. The molecule has 0 radical (unpaired) electrons. The van der Waals surface area contributed by atoms with Crippen molar-refractivity contribution >= 4 is 23.5 Å². The van der Waals surface area contributed by atoms with Gasteiger partial charge in [-0.15, -0.1) is 11.6 Å². The zero-order valence-corrected chi connectivity index (χ0v) is 11.2. The summed E-state index contributed by atoms with van der Waals surface area (Å²) in [4.78, 5) is 26.6. The van der Waals surface area contributed by atoms with Crippen molar-refractivity contribution in [3.63, 3.8) is 0 Å². The number of nitrogens with zero attached hydrogens (tertiary/aromatic N) is 2. The highest BCUT2D eigenvalue weighted by Crippen LogP contribution is 2.06. The van der Waals surface area contributed by atoms with Gasteiger partial charge in [-0.05, 0) is 32.9 Å². The van der Waals surface area contributed by atoms with E-state index in [9.17, 15) is 9.59 Å². The van der Waals surface area contributed by atoms with Crippen molar-refractivity contribution in [2.45, 2.75) is 25.1 Å². The van der Waals surface area contributed by atoms with Crippen LogP contribution in [-0.2, 0) is 4.79 Å². The number of urea groups is 1. The molecule has 0 saturated carbocycles. The molecule has 3 amide bonds. The lowest BCUT2D eigenvalue weighted by molar-refractivity contribution is -0.119. The summed E-state index contributed by atoms with van der Waals surface area (Å²) in [5, 5.41) is 1.56. The zero-order chi connectivity index (χ0) is 12.8. The highest BCUT2D eigenvalue weighted by molar-refractivity contribution is 6.31. The van der Waals surface area contributed by atoms with Crippen LogP contribution in [0, 0.1) is 0 Å². The Morgan fingerprint density at radius 3 is 2.53 bits per heavy atom. The summed E-state index contributed by atoms with van der Waals surface area (Å²) in [6.07, 6.45) is 2.47. The van der Waals surface area contributed by atoms with Crippen molar-refractivity contribution in [2.24, 2.45) is 0 Å². The van der Waals surface area contributed by atoms with E-state index in [1.165, 1.54) is 24.7 Å². The van der Waals surface area contributed by atoms with E-state index >= 15 is 0 Å². The maximum absolute atomic E-state index is 11.6. The van der Waals surface area contributed by atoms with E-state index in [1.54, 1.807) is 7.05 Å². The summed E-state index contributed by atoms with van der Waals surface area (Å²) in [7, 11) is 1.68. The number of likely N-dealkylation sites (tertiary alicyclic amines) is 1. The van der Waals surface area contributed by atoms with Gasteiger partial charge >= 0.3 is 6.03 Å². The zero-order valence-electron chi connectivity index (χ0n) is 10.4. The van der Waals surface area contributed by atoms with Crippen LogP contribution in [0.5, 0.6) is 0 Å².